The lowest BCUT2D eigenvalue weighted by atomic mass is 10.1. The van der Waals surface area contributed by atoms with Crippen LogP contribution in [0.25, 0.3) is 0 Å². The van der Waals surface area contributed by atoms with Gasteiger partial charge in [-0.2, -0.15) is 0 Å². The maximum absolute atomic E-state index is 5.74. The van der Waals surface area contributed by atoms with E-state index in [9.17, 15) is 0 Å². The first-order valence-electron chi connectivity index (χ1n) is 10.5. The van der Waals surface area contributed by atoms with Gasteiger partial charge in [-0.05, 0) is 30.9 Å². The monoisotopic (exact) mass is 391 g/mol. The zero-order valence-corrected chi connectivity index (χ0v) is 17.8. The number of guanidine groups is 1. The highest BCUT2D eigenvalue weighted by Crippen LogP contribution is 2.18. The van der Waals surface area contributed by atoms with Gasteiger partial charge >= 0.3 is 0 Å². The molecule has 158 valence electrons. The summed E-state index contributed by atoms with van der Waals surface area (Å²) in [6, 6.07) is 8.42. The molecule has 0 aliphatic carbocycles. The van der Waals surface area contributed by atoms with Gasteiger partial charge in [-0.3, -0.25) is 0 Å². The Hall–Kier alpha value is -1.63. The third kappa shape index (κ3) is 7.78. The van der Waals surface area contributed by atoms with Crippen LogP contribution in [0.15, 0.2) is 29.3 Å². The van der Waals surface area contributed by atoms with Crippen LogP contribution in [-0.2, 0) is 27.4 Å². The van der Waals surface area contributed by atoms with E-state index in [1.165, 1.54) is 11.1 Å². The molecule has 0 aromatic heterocycles. The van der Waals surface area contributed by atoms with Crippen molar-refractivity contribution >= 4 is 5.96 Å². The van der Waals surface area contributed by atoms with E-state index in [1.807, 2.05) is 0 Å². The fourth-order valence-electron chi connectivity index (χ4n) is 3.32. The fraction of sp³-hybridized carbons (Fsp3) is 0.682. The smallest absolute Gasteiger partial charge is 0.194 e. The molecule has 1 heterocycles. The molecule has 0 bridgehead atoms. The average Bonchev–Trinajstić information content (AvgIpc) is 3.18. The normalized spacial score (nSPS) is 17.3. The molecular weight excluding hydrogens is 354 g/mol. The molecular formula is C22H37N3O3. The van der Waals surface area contributed by atoms with Gasteiger partial charge in [-0.25, -0.2) is 4.99 Å². The summed E-state index contributed by atoms with van der Waals surface area (Å²) < 4.78 is 16.5. The van der Waals surface area contributed by atoms with Crippen LogP contribution in [0.1, 0.15) is 37.8 Å². The number of aliphatic imine (C=N–C) groups is 1. The Bertz CT molecular complexity index is 580. The van der Waals surface area contributed by atoms with Crippen LogP contribution in [0, 0.1) is 5.92 Å². The van der Waals surface area contributed by atoms with Crippen LogP contribution in [0.4, 0.5) is 0 Å². The van der Waals surface area contributed by atoms with Gasteiger partial charge in [0.05, 0.1) is 33.0 Å². The molecule has 1 aromatic rings. The van der Waals surface area contributed by atoms with Crippen molar-refractivity contribution in [1.29, 1.82) is 0 Å². The van der Waals surface area contributed by atoms with Gasteiger partial charge in [0.15, 0.2) is 5.96 Å². The summed E-state index contributed by atoms with van der Waals surface area (Å²) in [6.45, 7) is 11.3. The van der Waals surface area contributed by atoms with E-state index in [-0.39, 0.29) is 0 Å². The molecule has 1 aliphatic rings. The first-order chi connectivity index (χ1) is 13.8. The van der Waals surface area contributed by atoms with Crippen LogP contribution < -0.4 is 5.32 Å². The first-order valence-corrected chi connectivity index (χ1v) is 10.5. The number of nitrogens with one attached hydrogen (secondary N) is 1. The molecule has 1 aromatic carbocycles. The third-order valence-electron chi connectivity index (χ3n) is 4.83. The number of likely N-dealkylation sites (tertiary alicyclic amines) is 1. The molecule has 0 amide bonds. The molecule has 6 nitrogen and oxygen atoms in total. The Kier molecular flexibility index (Phi) is 10.9. The van der Waals surface area contributed by atoms with E-state index in [1.54, 1.807) is 7.11 Å². The van der Waals surface area contributed by atoms with Crippen LogP contribution in [0.5, 0.6) is 0 Å². The van der Waals surface area contributed by atoms with E-state index >= 15 is 0 Å². The Morgan fingerprint density at radius 2 is 1.96 bits per heavy atom. The zero-order chi connectivity index (χ0) is 20.0. The van der Waals surface area contributed by atoms with Crippen molar-refractivity contribution in [1.82, 2.24) is 10.2 Å². The predicted molar refractivity (Wildman–Crippen MR) is 114 cm³/mol. The quantitative estimate of drug-likeness (QED) is 0.337. The number of methoxy groups -OCH3 is 1. The molecule has 1 saturated heterocycles. The molecule has 1 aliphatic heterocycles. The first kappa shape index (κ1) is 22.7. The molecule has 6 heteroatoms. The summed E-state index contributed by atoms with van der Waals surface area (Å²) >= 11 is 0. The lowest BCUT2D eigenvalue weighted by Gasteiger charge is -2.22. The fourth-order valence-corrected chi connectivity index (χ4v) is 3.32. The van der Waals surface area contributed by atoms with E-state index in [0.29, 0.717) is 32.3 Å². The van der Waals surface area contributed by atoms with Gasteiger partial charge in [0.25, 0.3) is 0 Å². The highest BCUT2D eigenvalue weighted by Gasteiger charge is 2.25. The van der Waals surface area contributed by atoms with Crippen LogP contribution >= 0.6 is 0 Å². The van der Waals surface area contributed by atoms with Crippen LogP contribution in [-0.4, -0.2) is 64.0 Å². The number of benzene rings is 1. The minimum atomic E-state index is 0.551. The minimum Gasteiger partial charge on any atom is -0.382 e. The summed E-state index contributed by atoms with van der Waals surface area (Å²) in [5.74, 6) is 1.54. The largest absolute Gasteiger partial charge is 0.382 e. The summed E-state index contributed by atoms with van der Waals surface area (Å²) in [4.78, 5) is 7.27. The topological polar surface area (TPSA) is 55.3 Å². The lowest BCUT2D eigenvalue weighted by molar-refractivity contribution is 0.0536. The molecule has 0 saturated carbocycles. The Morgan fingerprint density at radius 1 is 1.14 bits per heavy atom. The summed E-state index contributed by atoms with van der Waals surface area (Å²) in [5.41, 5.74) is 2.45. The van der Waals surface area contributed by atoms with Gasteiger partial charge < -0.3 is 24.4 Å². The summed E-state index contributed by atoms with van der Waals surface area (Å²) in [5, 5.41) is 3.45. The number of nitrogens with zero attached hydrogens (tertiary/aromatic N) is 2. The number of rotatable bonds is 12. The third-order valence-corrected chi connectivity index (χ3v) is 4.83. The van der Waals surface area contributed by atoms with Crippen molar-refractivity contribution in [3.8, 4) is 0 Å². The molecule has 1 unspecified atom stereocenters. The molecule has 0 spiro atoms. The molecule has 1 fully saturated rings. The molecule has 2 rings (SSSR count). The average molecular weight is 392 g/mol. The highest BCUT2D eigenvalue weighted by atomic mass is 16.5. The Labute approximate surface area is 170 Å². The standard InChI is InChI=1S/C22H37N3O3/c1-4-12-27-18-21-9-7-6-8-20(21)15-24-22(23-5-2)25-11-10-19(16-25)17-28-14-13-26-3/h6-9,19H,4-5,10-18H2,1-3H3,(H,23,24). The number of hydrogen-bond donors (Lipinski definition) is 1. The SMILES string of the molecule is CCCOCc1ccccc1CN=C(NCC)N1CCC(COCCOC)C1. The zero-order valence-electron chi connectivity index (χ0n) is 17.8. The maximum Gasteiger partial charge on any atom is 0.194 e. The second-order valence-corrected chi connectivity index (χ2v) is 7.16. The van der Waals surface area contributed by atoms with Gasteiger partial charge in [-0.1, -0.05) is 31.2 Å². The molecule has 1 atom stereocenters. The van der Waals surface area contributed by atoms with E-state index in [4.69, 9.17) is 19.2 Å². The van der Waals surface area contributed by atoms with Crippen LogP contribution in [0.3, 0.4) is 0 Å². The maximum atomic E-state index is 5.74. The van der Waals surface area contributed by atoms with E-state index in [2.05, 4.69) is 48.3 Å². The van der Waals surface area contributed by atoms with Gasteiger partial charge in [0.1, 0.15) is 0 Å². The van der Waals surface area contributed by atoms with Gasteiger partial charge in [-0.15, -0.1) is 0 Å². The van der Waals surface area contributed by atoms with Crippen molar-refractivity contribution in [3.63, 3.8) is 0 Å². The van der Waals surface area contributed by atoms with Crippen molar-refractivity contribution in [2.45, 2.75) is 39.8 Å². The van der Waals surface area contributed by atoms with Crippen LogP contribution in [0.2, 0.25) is 0 Å². The number of hydrogen-bond acceptors (Lipinski definition) is 4. The van der Waals surface area contributed by atoms with Gasteiger partial charge in [0, 0.05) is 39.3 Å². The second kappa shape index (κ2) is 13.5. The summed E-state index contributed by atoms with van der Waals surface area (Å²) in [6.07, 6.45) is 2.18. The van der Waals surface area contributed by atoms with Crippen molar-refractivity contribution < 1.29 is 14.2 Å². The summed E-state index contributed by atoms with van der Waals surface area (Å²) in [7, 11) is 1.70. The van der Waals surface area contributed by atoms with Crippen molar-refractivity contribution in [2.24, 2.45) is 10.9 Å². The van der Waals surface area contributed by atoms with Gasteiger partial charge in [0.2, 0.25) is 0 Å². The molecule has 0 radical (unpaired) electrons. The highest BCUT2D eigenvalue weighted by molar-refractivity contribution is 5.80. The predicted octanol–water partition coefficient (Wildman–Crippen LogP) is 3.06. The van der Waals surface area contributed by atoms with Crippen molar-refractivity contribution in [2.75, 3.05) is 53.2 Å². The second-order valence-electron chi connectivity index (χ2n) is 7.16. The van der Waals surface area contributed by atoms with Crippen molar-refractivity contribution in [3.05, 3.63) is 35.4 Å². The Morgan fingerprint density at radius 3 is 2.71 bits per heavy atom. The minimum absolute atomic E-state index is 0.551. The van der Waals surface area contributed by atoms with E-state index < -0.39 is 0 Å². The number of ether oxygens (including phenoxy) is 3. The van der Waals surface area contributed by atoms with E-state index in [0.717, 1.165) is 51.6 Å². The Balaban J connectivity index is 1.92. The lowest BCUT2D eigenvalue weighted by Crippen LogP contribution is -2.40. The molecule has 1 N–H and O–H groups in total. The molecule has 28 heavy (non-hydrogen) atoms.